The van der Waals surface area contributed by atoms with Gasteiger partial charge in [-0.1, -0.05) is 40.5 Å². The summed E-state index contributed by atoms with van der Waals surface area (Å²) in [6.45, 7) is 7.50. The minimum absolute atomic E-state index is 0.0140. The summed E-state index contributed by atoms with van der Waals surface area (Å²) in [6.07, 6.45) is 1.39. The second-order valence-corrected chi connectivity index (χ2v) is 6.23. The average molecular weight is 347 g/mol. The summed E-state index contributed by atoms with van der Waals surface area (Å²) >= 11 is 3.91. The lowest BCUT2D eigenvalue weighted by molar-refractivity contribution is -0.141. The molecule has 23 heavy (non-hydrogen) atoms. The number of rotatable bonds is 10. The van der Waals surface area contributed by atoms with Crippen molar-refractivity contribution in [3.8, 4) is 0 Å². The van der Waals surface area contributed by atoms with Crippen LogP contribution in [0.3, 0.4) is 0 Å². The van der Waals surface area contributed by atoms with E-state index in [1.54, 1.807) is 0 Å². The van der Waals surface area contributed by atoms with E-state index in [1.165, 1.54) is 0 Å². The maximum atomic E-state index is 12.4. The van der Waals surface area contributed by atoms with Crippen LogP contribution < -0.4 is 16.4 Å². The van der Waals surface area contributed by atoms with E-state index in [1.807, 2.05) is 27.7 Å². The molecule has 0 fully saturated rings. The number of nitrogens with one attached hydrogen (secondary N) is 2. The molecule has 0 heterocycles. The quantitative estimate of drug-likeness (QED) is 0.366. The van der Waals surface area contributed by atoms with Crippen LogP contribution in [0.1, 0.15) is 40.5 Å². The molecule has 0 aliphatic heterocycles. The fraction of sp³-hybridized carbons (Fsp3) is 0.800. The molecule has 8 heteroatoms. The summed E-state index contributed by atoms with van der Waals surface area (Å²) in [6, 6.07) is -2.64. The molecule has 0 aliphatic carbocycles. The van der Waals surface area contributed by atoms with Crippen LogP contribution in [0.4, 0.5) is 0 Å². The highest BCUT2D eigenvalue weighted by Crippen LogP contribution is 2.11. The van der Waals surface area contributed by atoms with E-state index < -0.39 is 35.9 Å². The molecule has 0 aromatic heterocycles. The van der Waals surface area contributed by atoms with E-state index in [4.69, 9.17) is 10.8 Å². The second-order valence-electron chi connectivity index (χ2n) is 5.87. The molecule has 2 amide bonds. The van der Waals surface area contributed by atoms with Gasteiger partial charge in [-0.15, -0.1) is 0 Å². The van der Waals surface area contributed by atoms with E-state index in [9.17, 15) is 14.4 Å². The minimum Gasteiger partial charge on any atom is -0.480 e. The molecule has 0 rings (SSSR count). The van der Waals surface area contributed by atoms with Crippen molar-refractivity contribution in [2.24, 2.45) is 17.6 Å². The summed E-state index contributed by atoms with van der Waals surface area (Å²) in [5.41, 5.74) is 5.89. The normalized spacial score (nSPS) is 17.5. The molecule has 0 saturated heterocycles. The number of carboxylic acids is 1. The molecular formula is C15H29N3O4S. The van der Waals surface area contributed by atoms with E-state index in [0.717, 1.165) is 6.42 Å². The lowest BCUT2D eigenvalue weighted by Crippen LogP contribution is -2.57. The highest BCUT2D eigenvalue weighted by atomic mass is 32.1. The first-order valence-electron chi connectivity index (χ1n) is 7.89. The summed E-state index contributed by atoms with van der Waals surface area (Å²) in [5.74, 6) is -2.31. The number of carbonyl (C=O) groups excluding carboxylic acids is 2. The van der Waals surface area contributed by atoms with Crippen molar-refractivity contribution in [3.63, 3.8) is 0 Å². The largest absolute Gasteiger partial charge is 0.480 e. The molecule has 5 atom stereocenters. The first-order valence-corrected chi connectivity index (χ1v) is 8.52. The molecule has 0 radical (unpaired) electrons. The van der Waals surface area contributed by atoms with Crippen molar-refractivity contribution < 1.29 is 19.5 Å². The van der Waals surface area contributed by atoms with Gasteiger partial charge in [-0.3, -0.25) is 9.59 Å². The van der Waals surface area contributed by atoms with Crippen molar-refractivity contribution in [1.29, 1.82) is 0 Å². The Morgan fingerprint density at radius 1 is 1.04 bits per heavy atom. The van der Waals surface area contributed by atoms with E-state index in [2.05, 4.69) is 23.3 Å². The molecule has 0 aromatic rings. The number of hydrogen-bond donors (Lipinski definition) is 5. The molecular weight excluding hydrogens is 318 g/mol. The van der Waals surface area contributed by atoms with Gasteiger partial charge >= 0.3 is 5.97 Å². The van der Waals surface area contributed by atoms with Crippen molar-refractivity contribution in [3.05, 3.63) is 0 Å². The standard InChI is InChI=1S/C15H29N3O4S/c1-5-8(3)11(16)13(19)18-12(9(4)6-2)14(20)17-10(7-23)15(21)22/h8-12,23H,5-7,16H2,1-4H3,(H,17,20)(H,18,19)(H,21,22). The molecule has 0 spiro atoms. The van der Waals surface area contributed by atoms with Crippen LogP contribution in [-0.2, 0) is 14.4 Å². The maximum Gasteiger partial charge on any atom is 0.327 e. The van der Waals surface area contributed by atoms with Gasteiger partial charge in [-0.2, -0.15) is 12.6 Å². The van der Waals surface area contributed by atoms with Gasteiger partial charge in [-0.05, 0) is 11.8 Å². The van der Waals surface area contributed by atoms with Crippen LogP contribution in [0, 0.1) is 11.8 Å². The summed E-state index contributed by atoms with van der Waals surface area (Å²) in [4.78, 5) is 35.6. The van der Waals surface area contributed by atoms with Gasteiger partial charge in [0.05, 0.1) is 6.04 Å². The molecule has 0 aromatic carbocycles. The zero-order valence-electron chi connectivity index (χ0n) is 14.2. The third-order valence-corrected chi connectivity index (χ3v) is 4.52. The summed E-state index contributed by atoms with van der Waals surface area (Å²) in [7, 11) is 0. The molecule has 134 valence electrons. The van der Waals surface area contributed by atoms with Gasteiger partial charge in [0, 0.05) is 5.75 Å². The Morgan fingerprint density at radius 3 is 1.96 bits per heavy atom. The van der Waals surface area contributed by atoms with Crippen LogP contribution in [0.15, 0.2) is 0 Å². The smallest absolute Gasteiger partial charge is 0.327 e. The molecule has 0 aliphatic rings. The van der Waals surface area contributed by atoms with Crippen molar-refractivity contribution in [2.45, 2.75) is 58.7 Å². The van der Waals surface area contributed by atoms with Gasteiger partial charge in [0.2, 0.25) is 11.8 Å². The molecule has 0 saturated carbocycles. The molecule has 7 nitrogen and oxygen atoms in total. The Bertz CT molecular complexity index is 420. The fourth-order valence-electron chi connectivity index (χ4n) is 1.91. The zero-order chi connectivity index (χ0) is 18.2. The van der Waals surface area contributed by atoms with Crippen LogP contribution in [0.25, 0.3) is 0 Å². The number of aliphatic carboxylic acids is 1. The Labute approximate surface area is 143 Å². The second kappa shape index (κ2) is 10.5. The lowest BCUT2D eigenvalue weighted by atomic mass is 9.95. The lowest BCUT2D eigenvalue weighted by Gasteiger charge is -2.27. The molecule has 5 unspecified atom stereocenters. The van der Waals surface area contributed by atoms with E-state index in [0.29, 0.717) is 6.42 Å². The van der Waals surface area contributed by atoms with E-state index in [-0.39, 0.29) is 17.6 Å². The third-order valence-electron chi connectivity index (χ3n) is 4.15. The number of amides is 2. The Kier molecular flexibility index (Phi) is 9.90. The van der Waals surface area contributed by atoms with Crippen LogP contribution in [0.2, 0.25) is 0 Å². The Hall–Kier alpha value is -1.28. The number of thiol groups is 1. The van der Waals surface area contributed by atoms with Crippen molar-refractivity contribution >= 4 is 30.4 Å². The number of carbonyl (C=O) groups is 3. The SMILES string of the molecule is CCC(C)C(N)C(=O)NC(C(=O)NC(CS)C(=O)O)C(C)CC. The molecule has 5 N–H and O–H groups in total. The first-order chi connectivity index (χ1) is 10.7. The van der Waals surface area contributed by atoms with Crippen molar-refractivity contribution in [2.75, 3.05) is 5.75 Å². The average Bonchev–Trinajstić information content (AvgIpc) is 2.54. The Balaban J connectivity index is 5.05. The fourth-order valence-corrected chi connectivity index (χ4v) is 2.16. The Morgan fingerprint density at radius 2 is 1.57 bits per heavy atom. The number of carboxylic acid groups (broad SMARTS) is 1. The van der Waals surface area contributed by atoms with Crippen molar-refractivity contribution in [1.82, 2.24) is 10.6 Å². The number of hydrogen-bond acceptors (Lipinski definition) is 5. The van der Waals surface area contributed by atoms with Gasteiger partial charge in [-0.25, -0.2) is 4.79 Å². The third kappa shape index (κ3) is 6.78. The predicted octanol–water partition coefficient (Wildman–Crippen LogP) is 0.390. The van der Waals surface area contributed by atoms with Gasteiger partial charge in [0.25, 0.3) is 0 Å². The maximum absolute atomic E-state index is 12.4. The monoisotopic (exact) mass is 347 g/mol. The van der Waals surface area contributed by atoms with Crippen LogP contribution >= 0.6 is 12.6 Å². The van der Waals surface area contributed by atoms with Gasteiger partial charge < -0.3 is 21.5 Å². The zero-order valence-corrected chi connectivity index (χ0v) is 15.1. The first kappa shape index (κ1) is 21.7. The summed E-state index contributed by atoms with van der Waals surface area (Å²) in [5, 5.41) is 14.1. The van der Waals surface area contributed by atoms with E-state index >= 15 is 0 Å². The van der Waals surface area contributed by atoms with Gasteiger partial charge in [0.15, 0.2) is 0 Å². The number of nitrogens with two attached hydrogens (primary N) is 1. The topological polar surface area (TPSA) is 122 Å². The van der Waals surface area contributed by atoms with Crippen LogP contribution in [-0.4, -0.2) is 46.8 Å². The minimum atomic E-state index is -1.17. The molecule has 0 bridgehead atoms. The summed E-state index contributed by atoms with van der Waals surface area (Å²) < 4.78 is 0. The highest BCUT2D eigenvalue weighted by molar-refractivity contribution is 7.80. The predicted molar refractivity (Wildman–Crippen MR) is 92.2 cm³/mol. The highest BCUT2D eigenvalue weighted by Gasteiger charge is 2.31. The van der Waals surface area contributed by atoms with Crippen LogP contribution in [0.5, 0.6) is 0 Å². The van der Waals surface area contributed by atoms with Gasteiger partial charge in [0.1, 0.15) is 12.1 Å².